The maximum absolute atomic E-state index is 11.5. The Bertz CT molecular complexity index is 448. The fraction of sp³-hybridized carbons (Fsp3) is 0.636. The van der Waals surface area contributed by atoms with Gasteiger partial charge in [-0.1, -0.05) is 11.6 Å². The van der Waals surface area contributed by atoms with E-state index in [0.717, 1.165) is 5.82 Å². The smallest absolute Gasteiger partial charge is 0.237 e. The predicted octanol–water partition coefficient (Wildman–Crippen LogP) is 0.148. The highest BCUT2D eigenvalue weighted by Crippen LogP contribution is 2.18. The van der Waals surface area contributed by atoms with Crippen molar-refractivity contribution in [2.24, 2.45) is 12.8 Å². The summed E-state index contributed by atoms with van der Waals surface area (Å²) in [5.74, 6) is 0.433. The lowest BCUT2D eigenvalue weighted by Gasteiger charge is -2.37. The van der Waals surface area contributed by atoms with Gasteiger partial charge in [0.05, 0.1) is 25.5 Å². The van der Waals surface area contributed by atoms with Crippen molar-refractivity contribution in [2.45, 2.75) is 25.6 Å². The molecule has 6 nitrogen and oxygen atoms in total. The molecule has 0 bridgehead atoms. The number of nitrogens with zero attached hydrogens (tertiary/aromatic N) is 3. The van der Waals surface area contributed by atoms with Crippen LogP contribution in [0.2, 0.25) is 5.15 Å². The molecule has 2 heterocycles. The molecule has 0 radical (unpaired) electrons. The average Bonchev–Trinajstić information content (AvgIpc) is 2.60. The van der Waals surface area contributed by atoms with E-state index in [1.807, 2.05) is 18.9 Å². The van der Waals surface area contributed by atoms with Crippen LogP contribution in [-0.4, -0.2) is 45.7 Å². The summed E-state index contributed by atoms with van der Waals surface area (Å²) in [7, 11) is 1.84. The lowest BCUT2D eigenvalue weighted by molar-refractivity contribution is -0.136. The van der Waals surface area contributed by atoms with Crippen LogP contribution in [-0.2, 0) is 23.1 Å². The van der Waals surface area contributed by atoms with Crippen molar-refractivity contribution >= 4 is 17.5 Å². The molecule has 2 N–H and O–H groups in total. The van der Waals surface area contributed by atoms with E-state index < -0.39 is 6.04 Å². The predicted molar refractivity (Wildman–Crippen MR) is 67.0 cm³/mol. The molecule has 1 amide bonds. The Balaban J connectivity index is 2.16. The second kappa shape index (κ2) is 5.26. The Morgan fingerprint density at radius 2 is 2.44 bits per heavy atom. The third-order valence-electron chi connectivity index (χ3n) is 3.26. The molecule has 1 aromatic rings. The lowest BCUT2D eigenvalue weighted by atomic mass is 10.1. The molecule has 7 heteroatoms. The molecule has 1 fully saturated rings. The molecule has 100 valence electrons. The average molecular weight is 273 g/mol. The number of rotatable bonds is 3. The van der Waals surface area contributed by atoms with Gasteiger partial charge in [-0.2, -0.15) is 0 Å². The van der Waals surface area contributed by atoms with E-state index in [-0.39, 0.29) is 12.0 Å². The third kappa shape index (κ3) is 2.50. The first kappa shape index (κ1) is 13.3. The normalized spacial score (nSPS) is 25.3. The highest BCUT2D eigenvalue weighted by molar-refractivity contribution is 6.29. The van der Waals surface area contributed by atoms with Crippen molar-refractivity contribution in [3.63, 3.8) is 0 Å². The Hall–Kier alpha value is -1.11. The van der Waals surface area contributed by atoms with E-state index in [1.165, 1.54) is 0 Å². The maximum Gasteiger partial charge on any atom is 0.237 e. The molecular weight excluding hydrogens is 256 g/mol. The van der Waals surface area contributed by atoms with Gasteiger partial charge < -0.3 is 15.0 Å². The van der Waals surface area contributed by atoms with Gasteiger partial charge in [0.15, 0.2) is 0 Å². The quantitative estimate of drug-likeness (QED) is 0.850. The van der Waals surface area contributed by atoms with Crippen LogP contribution < -0.4 is 5.73 Å². The Morgan fingerprint density at radius 1 is 1.72 bits per heavy atom. The highest BCUT2D eigenvalue weighted by Gasteiger charge is 2.34. The number of carbonyl (C=O) groups is 1. The summed E-state index contributed by atoms with van der Waals surface area (Å²) in [6.07, 6.45) is 1.40. The molecule has 2 atom stereocenters. The topological polar surface area (TPSA) is 73.4 Å². The molecule has 2 rings (SSSR count). The van der Waals surface area contributed by atoms with Gasteiger partial charge >= 0.3 is 0 Å². The molecule has 1 saturated heterocycles. The number of aromatic nitrogens is 2. The highest BCUT2D eigenvalue weighted by atomic mass is 35.5. The molecule has 0 aliphatic carbocycles. The second-order valence-corrected chi connectivity index (χ2v) is 4.84. The molecule has 0 saturated carbocycles. The Morgan fingerprint density at radius 3 is 3.00 bits per heavy atom. The van der Waals surface area contributed by atoms with E-state index >= 15 is 0 Å². The number of ether oxygens (including phenoxy) is 1. The lowest BCUT2D eigenvalue weighted by Crippen LogP contribution is -2.56. The largest absolute Gasteiger partial charge is 0.375 e. The van der Waals surface area contributed by atoms with Crippen molar-refractivity contribution in [3.8, 4) is 0 Å². The minimum absolute atomic E-state index is 0.202. The van der Waals surface area contributed by atoms with E-state index in [4.69, 9.17) is 22.1 Å². The molecule has 18 heavy (non-hydrogen) atoms. The summed E-state index contributed by atoms with van der Waals surface area (Å²) >= 11 is 5.94. The molecule has 1 aliphatic heterocycles. The fourth-order valence-electron chi connectivity index (χ4n) is 2.22. The minimum Gasteiger partial charge on any atom is -0.375 e. The van der Waals surface area contributed by atoms with Gasteiger partial charge in [-0.15, -0.1) is 0 Å². The number of amides is 1. The van der Waals surface area contributed by atoms with Crippen molar-refractivity contribution in [1.29, 1.82) is 0 Å². The van der Waals surface area contributed by atoms with Crippen LogP contribution in [0.25, 0.3) is 0 Å². The Labute approximate surface area is 111 Å². The number of hydrogen-bond acceptors (Lipinski definition) is 4. The van der Waals surface area contributed by atoms with Gasteiger partial charge in [-0.25, -0.2) is 4.98 Å². The van der Waals surface area contributed by atoms with E-state index in [0.29, 0.717) is 24.8 Å². The first-order chi connectivity index (χ1) is 8.50. The number of carbonyl (C=O) groups excluding carboxylic acids is 1. The number of halogens is 1. The van der Waals surface area contributed by atoms with E-state index in [9.17, 15) is 4.79 Å². The number of nitrogens with two attached hydrogens (primary N) is 1. The molecular formula is C11H17ClN4O2. The summed E-state index contributed by atoms with van der Waals surface area (Å²) in [4.78, 5) is 17.7. The SMILES string of the molecule is C[C@H]1OCCN(Cc2ncc(Cl)n2C)[C@@H]1C(N)=O. The van der Waals surface area contributed by atoms with Crippen LogP contribution in [0.3, 0.4) is 0 Å². The summed E-state index contributed by atoms with van der Waals surface area (Å²) in [6.45, 7) is 3.63. The first-order valence-electron chi connectivity index (χ1n) is 5.81. The molecule has 0 aromatic carbocycles. The zero-order valence-corrected chi connectivity index (χ0v) is 11.2. The number of primary amides is 1. The zero-order chi connectivity index (χ0) is 13.3. The second-order valence-electron chi connectivity index (χ2n) is 4.45. The van der Waals surface area contributed by atoms with Crippen molar-refractivity contribution in [2.75, 3.05) is 13.2 Å². The van der Waals surface area contributed by atoms with E-state index in [2.05, 4.69) is 4.98 Å². The Kier molecular flexibility index (Phi) is 3.89. The minimum atomic E-state index is -0.422. The van der Waals surface area contributed by atoms with Gasteiger partial charge in [0, 0.05) is 13.6 Å². The fourth-order valence-corrected chi connectivity index (χ4v) is 2.37. The van der Waals surface area contributed by atoms with Crippen LogP contribution >= 0.6 is 11.6 Å². The zero-order valence-electron chi connectivity index (χ0n) is 10.5. The summed E-state index contributed by atoms with van der Waals surface area (Å²) in [5, 5.41) is 0.571. The van der Waals surface area contributed by atoms with E-state index in [1.54, 1.807) is 10.8 Å². The summed E-state index contributed by atoms with van der Waals surface area (Å²) in [6, 6.07) is -0.422. The van der Waals surface area contributed by atoms with Gasteiger partial charge in [0.1, 0.15) is 17.0 Å². The van der Waals surface area contributed by atoms with Crippen molar-refractivity contribution in [3.05, 3.63) is 17.2 Å². The number of hydrogen-bond donors (Lipinski definition) is 1. The maximum atomic E-state index is 11.5. The van der Waals surface area contributed by atoms with Gasteiger partial charge in [0.2, 0.25) is 5.91 Å². The van der Waals surface area contributed by atoms with Crippen molar-refractivity contribution in [1.82, 2.24) is 14.5 Å². The monoisotopic (exact) mass is 272 g/mol. The van der Waals surface area contributed by atoms with Gasteiger partial charge in [0.25, 0.3) is 0 Å². The van der Waals surface area contributed by atoms with Crippen LogP contribution in [0, 0.1) is 0 Å². The molecule has 0 spiro atoms. The van der Waals surface area contributed by atoms with Crippen LogP contribution in [0.4, 0.5) is 0 Å². The van der Waals surface area contributed by atoms with Crippen molar-refractivity contribution < 1.29 is 9.53 Å². The molecule has 1 aromatic heterocycles. The molecule has 0 unspecified atom stereocenters. The van der Waals surface area contributed by atoms with Gasteiger partial charge in [-0.05, 0) is 6.92 Å². The summed E-state index contributed by atoms with van der Waals surface area (Å²) < 4.78 is 7.25. The van der Waals surface area contributed by atoms with Crippen LogP contribution in [0.1, 0.15) is 12.7 Å². The number of morpholine rings is 1. The first-order valence-corrected chi connectivity index (χ1v) is 6.19. The van der Waals surface area contributed by atoms with Gasteiger partial charge in [-0.3, -0.25) is 9.69 Å². The van der Waals surface area contributed by atoms with Crippen LogP contribution in [0.15, 0.2) is 6.20 Å². The molecule has 1 aliphatic rings. The number of imidazole rings is 1. The van der Waals surface area contributed by atoms with Crippen LogP contribution in [0.5, 0.6) is 0 Å². The summed E-state index contributed by atoms with van der Waals surface area (Å²) in [5.41, 5.74) is 5.43. The standard InChI is InChI=1S/C11H17ClN4O2/c1-7-10(11(13)17)16(3-4-18-7)6-9-14-5-8(12)15(9)2/h5,7,10H,3-4,6H2,1-2H3,(H2,13,17)/t7-,10+/m1/s1. The third-order valence-corrected chi connectivity index (χ3v) is 3.61.